The lowest BCUT2D eigenvalue weighted by atomic mass is 9.98. The first-order valence-electron chi connectivity index (χ1n) is 9.10. The molecule has 1 saturated carbocycles. The quantitative estimate of drug-likeness (QED) is 0.703. The van der Waals surface area contributed by atoms with E-state index in [9.17, 15) is 9.90 Å². The Morgan fingerprint density at radius 1 is 0.913 bits per heavy atom. The van der Waals surface area contributed by atoms with Crippen LogP contribution in [0.25, 0.3) is 0 Å². The van der Waals surface area contributed by atoms with Crippen LogP contribution in [0.15, 0.2) is 24.3 Å². The molecule has 0 aromatic heterocycles. The Hall–Kier alpha value is -1.71. The van der Waals surface area contributed by atoms with Gasteiger partial charge in [-0.25, -0.2) is 4.79 Å². The van der Waals surface area contributed by atoms with E-state index in [1.165, 1.54) is 57.8 Å². The maximum absolute atomic E-state index is 12.2. The average molecular weight is 318 g/mol. The molecule has 2 rings (SSSR count). The van der Waals surface area contributed by atoms with E-state index in [0.717, 1.165) is 12.8 Å². The zero-order valence-corrected chi connectivity index (χ0v) is 14.0. The Morgan fingerprint density at radius 2 is 1.48 bits per heavy atom. The molecule has 1 aliphatic carbocycles. The van der Waals surface area contributed by atoms with Gasteiger partial charge in [0.2, 0.25) is 0 Å². The topological polar surface area (TPSA) is 61.4 Å². The van der Waals surface area contributed by atoms with E-state index in [2.05, 4.69) is 10.6 Å². The van der Waals surface area contributed by atoms with Crippen LogP contribution in [0.1, 0.15) is 70.6 Å². The molecule has 0 saturated heterocycles. The lowest BCUT2D eigenvalue weighted by Gasteiger charge is -2.20. The van der Waals surface area contributed by atoms with Crippen LogP contribution >= 0.6 is 0 Å². The second-order valence-corrected chi connectivity index (χ2v) is 6.61. The number of phenols is 1. The smallest absolute Gasteiger partial charge is 0.319 e. The molecule has 0 heterocycles. The summed E-state index contributed by atoms with van der Waals surface area (Å²) in [6.07, 6.45) is 13.8. The van der Waals surface area contributed by atoms with E-state index in [-0.39, 0.29) is 17.8 Å². The van der Waals surface area contributed by atoms with Gasteiger partial charge in [-0.2, -0.15) is 0 Å². The van der Waals surface area contributed by atoms with Gasteiger partial charge in [-0.15, -0.1) is 0 Å². The summed E-state index contributed by atoms with van der Waals surface area (Å²) in [6, 6.07) is 6.73. The molecule has 1 fully saturated rings. The van der Waals surface area contributed by atoms with E-state index in [4.69, 9.17) is 0 Å². The molecule has 128 valence electrons. The van der Waals surface area contributed by atoms with Gasteiger partial charge in [0.1, 0.15) is 5.75 Å². The summed E-state index contributed by atoms with van der Waals surface area (Å²) in [5, 5.41) is 15.4. The molecule has 0 spiro atoms. The largest absolute Gasteiger partial charge is 0.508 e. The summed E-state index contributed by atoms with van der Waals surface area (Å²) in [6.45, 7) is 0. The van der Waals surface area contributed by atoms with Gasteiger partial charge in [0, 0.05) is 17.8 Å². The van der Waals surface area contributed by atoms with Crippen LogP contribution in [0.3, 0.4) is 0 Å². The first kappa shape index (κ1) is 17.6. The van der Waals surface area contributed by atoms with Crippen LogP contribution < -0.4 is 10.6 Å². The number of urea groups is 1. The van der Waals surface area contributed by atoms with Crippen molar-refractivity contribution in [1.29, 1.82) is 0 Å². The molecule has 4 heteroatoms. The van der Waals surface area contributed by atoms with Crippen molar-refractivity contribution < 1.29 is 9.90 Å². The number of phenolic OH excluding ortho intramolecular Hbond substituents is 1. The summed E-state index contributed by atoms with van der Waals surface area (Å²) in [5.41, 5.74) is 0.621. The van der Waals surface area contributed by atoms with Crippen LogP contribution in [0.4, 0.5) is 10.5 Å². The van der Waals surface area contributed by atoms with Crippen molar-refractivity contribution in [1.82, 2.24) is 5.32 Å². The third kappa shape index (κ3) is 7.40. The number of carbonyl (C=O) groups is 1. The van der Waals surface area contributed by atoms with Gasteiger partial charge < -0.3 is 15.7 Å². The van der Waals surface area contributed by atoms with Gasteiger partial charge in [0.15, 0.2) is 0 Å². The summed E-state index contributed by atoms with van der Waals surface area (Å²) < 4.78 is 0. The molecule has 0 unspecified atom stereocenters. The second kappa shape index (κ2) is 10.1. The lowest BCUT2D eigenvalue weighted by molar-refractivity contribution is 0.246. The van der Waals surface area contributed by atoms with Crippen molar-refractivity contribution in [2.75, 3.05) is 5.32 Å². The third-order valence-electron chi connectivity index (χ3n) is 4.54. The molecule has 2 amide bonds. The minimum Gasteiger partial charge on any atom is -0.508 e. The van der Waals surface area contributed by atoms with Gasteiger partial charge in [-0.3, -0.25) is 0 Å². The number of aromatic hydroxyl groups is 1. The van der Waals surface area contributed by atoms with Gasteiger partial charge in [0.25, 0.3) is 0 Å². The molecular weight excluding hydrogens is 288 g/mol. The van der Waals surface area contributed by atoms with E-state index in [1.807, 2.05) is 0 Å². The number of rotatable bonds is 2. The highest BCUT2D eigenvalue weighted by Crippen LogP contribution is 2.18. The van der Waals surface area contributed by atoms with Crippen molar-refractivity contribution in [3.63, 3.8) is 0 Å². The van der Waals surface area contributed by atoms with Crippen LogP contribution in [-0.4, -0.2) is 17.2 Å². The molecule has 1 aromatic carbocycles. The van der Waals surface area contributed by atoms with Gasteiger partial charge in [-0.1, -0.05) is 63.9 Å². The van der Waals surface area contributed by atoms with Crippen LogP contribution in [0.2, 0.25) is 0 Å². The maximum Gasteiger partial charge on any atom is 0.319 e. The standard InChI is InChI=1S/C19H30N2O2/c22-18-14-10-13-17(15-18)21-19(23)20-16-11-8-6-4-2-1-3-5-7-9-12-16/h10,13-16,22H,1-9,11-12H2,(H2,20,21,23). The fraction of sp³-hybridized carbons (Fsp3) is 0.632. The molecule has 0 aliphatic heterocycles. The Labute approximate surface area is 139 Å². The van der Waals surface area contributed by atoms with Crippen molar-refractivity contribution in [2.24, 2.45) is 0 Å². The van der Waals surface area contributed by atoms with Gasteiger partial charge in [0.05, 0.1) is 0 Å². The highest BCUT2D eigenvalue weighted by Gasteiger charge is 2.12. The highest BCUT2D eigenvalue weighted by molar-refractivity contribution is 5.89. The van der Waals surface area contributed by atoms with Crippen LogP contribution in [0.5, 0.6) is 5.75 Å². The number of anilines is 1. The van der Waals surface area contributed by atoms with E-state index < -0.39 is 0 Å². The molecule has 3 N–H and O–H groups in total. The van der Waals surface area contributed by atoms with Crippen LogP contribution in [0, 0.1) is 0 Å². The van der Waals surface area contributed by atoms with E-state index in [0.29, 0.717) is 5.69 Å². The Bertz CT molecular complexity index is 464. The lowest BCUT2D eigenvalue weighted by Crippen LogP contribution is -2.38. The molecule has 0 radical (unpaired) electrons. The normalized spacial score (nSPS) is 18.4. The fourth-order valence-electron chi connectivity index (χ4n) is 3.24. The molecule has 4 nitrogen and oxygen atoms in total. The van der Waals surface area contributed by atoms with Crippen molar-refractivity contribution >= 4 is 11.7 Å². The third-order valence-corrected chi connectivity index (χ3v) is 4.54. The first-order valence-corrected chi connectivity index (χ1v) is 9.10. The Kier molecular flexibility index (Phi) is 7.78. The molecule has 1 aromatic rings. The van der Waals surface area contributed by atoms with Crippen molar-refractivity contribution in [3.8, 4) is 5.75 Å². The summed E-state index contributed by atoms with van der Waals surface area (Å²) >= 11 is 0. The number of amides is 2. The number of benzene rings is 1. The summed E-state index contributed by atoms with van der Waals surface area (Å²) in [7, 11) is 0. The predicted octanol–water partition coefficient (Wildman–Crippen LogP) is 5.19. The SMILES string of the molecule is O=C(Nc1cccc(O)c1)NC1CCCCCCCCCCC1. The Morgan fingerprint density at radius 3 is 2.04 bits per heavy atom. The van der Waals surface area contributed by atoms with Crippen LogP contribution in [-0.2, 0) is 0 Å². The number of nitrogens with one attached hydrogen (secondary N) is 2. The summed E-state index contributed by atoms with van der Waals surface area (Å²) in [5.74, 6) is 0.161. The fourth-order valence-corrected chi connectivity index (χ4v) is 3.24. The second-order valence-electron chi connectivity index (χ2n) is 6.61. The number of carbonyl (C=O) groups excluding carboxylic acids is 1. The van der Waals surface area contributed by atoms with E-state index >= 15 is 0 Å². The van der Waals surface area contributed by atoms with Gasteiger partial charge in [-0.05, 0) is 25.0 Å². The zero-order chi connectivity index (χ0) is 16.3. The molecule has 1 aliphatic rings. The molecule has 23 heavy (non-hydrogen) atoms. The monoisotopic (exact) mass is 318 g/mol. The van der Waals surface area contributed by atoms with Crippen molar-refractivity contribution in [2.45, 2.75) is 76.7 Å². The predicted molar refractivity (Wildman–Crippen MR) is 94.8 cm³/mol. The molecule has 0 atom stereocenters. The number of hydrogen-bond donors (Lipinski definition) is 3. The van der Waals surface area contributed by atoms with Gasteiger partial charge >= 0.3 is 6.03 Å². The minimum atomic E-state index is -0.173. The Balaban J connectivity index is 1.80. The van der Waals surface area contributed by atoms with Crippen molar-refractivity contribution in [3.05, 3.63) is 24.3 Å². The number of hydrogen-bond acceptors (Lipinski definition) is 2. The minimum absolute atomic E-state index is 0.161. The maximum atomic E-state index is 12.2. The molecule has 0 bridgehead atoms. The average Bonchev–Trinajstić information content (AvgIpc) is 2.50. The first-order chi connectivity index (χ1) is 11.2. The summed E-state index contributed by atoms with van der Waals surface area (Å²) in [4.78, 5) is 12.2. The highest BCUT2D eigenvalue weighted by atomic mass is 16.3. The zero-order valence-electron chi connectivity index (χ0n) is 14.0. The van der Waals surface area contributed by atoms with E-state index in [1.54, 1.807) is 24.3 Å². The molecular formula is C19H30N2O2.